The molecule has 0 atom stereocenters. The van der Waals surface area contributed by atoms with Crippen LogP contribution < -0.4 is 19.1 Å². The Hall–Kier alpha value is -2.74. The van der Waals surface area contributed by atoms with Gasteiger partial charge < -0.3 is 14.4 Å². The molecule has 0 radical (unpaired) electrons. The minimum Gasteiger partial charge on any atom is -0.497 e. The van der Waals surface area contributed by atoms with E-state index in [4.69, 9.17) is 9.47 Å². The first-order valence-electron chi connectivity index (χ1n) is 8.51. The molecule has 2 aromatic rings. The van der Waals surface area contributed by atoms with E-state index in [9.17, 15) is 13.2 Å². The average molecular weight is 390 g/mol. The van der Waals surface area contributed by atoms with Crippen LogP contribution >= 0.6 is 0 Å². The average Bonchev–Trinajstić information content (AvgIpc) is 3.07. The van der Waals surface area contributed by atoms with Gasteiger partial charge in [0.2, 0.25) is 5.91 Å². The number of nitrogens with zero attached hydrogens (tertiary/aromatic N) is 1. The number of hydrogen-bond donors (Lipinski definition) is 1. The van der Waals surface area contributed by atoms with E-state index < -0.39 is 10.0 Å². The van der Waals surface area contributed by atoms with E-state index >= 15 is 0 Å². The molecule has 0 aromatic heterocycles. The summed E-state index contributed by atoms with van der Waals surface area (Å²) in [4.78, 5) is 13.8. The lowest BCUT2D eigenvalue weighted by molar-refractivity contribution is -0.117. The lowest BCUT2D eigenvalue weighted by Gasteiger charge is -2.19. The second-order valence-corrected chi connectivity index (χ2v) is 7.95. The van der Waals surface area contributed by atoms with Gasteiger partial charge in [0.15, 0.2) is 0 Å². The molecule has 1 aliphatic heterocycles. The molecule has 0 spiro atoms. The molecular weight excluding hydrogens is 368 g/mol. The smallest absolute Gasteiger partial charge is 0.262 e. The van der Waals surface area contributed by atoms with Crippen molar-refractivity contribution in [3.8, 4) is 11.5 Å². The molecule has 0 bridgehead atoms. The van der Waals surface area contributed by atoms with Gasteiger partial charge in [0, 0.05) is 24.7 Å². The largest absolute Gasteiger partial charge is 0.497 e. The van der Waals surface area contributed by atoms with Crippen LogP contribution in [0.25, 0.3) is 0 Å². The van der Waals surface area contributed by atoms with Gasteiger partial charge in [-0.15, -0.1) is 0 Å². The fourth-order valence-electron chi connectivity index (χ4n) is 3.10. The molecular formula is C19H22N2O5S. The molecule has 1 N–H and O–H groups in total. The third-order valence-corrected chi connectivity index (χ3v) is 5.86. The summed E-state index contributed by atoms with van der Waals surface area (Å²) in [6.07, 6.45) is 1.34. The van der Waals surface area contributed by atoms with E-state index in [1.807, 2.05) is 0 Å². The summed E-state index contributed by atoms with van der Waals surface area (Å²) in [5, 5.41) is 0. The van der Waals surface area contributed by atoms with Crippen molar-refractivity contribution in [1.29, 1.82) is 0 Å². The Bertz CT molecular complexity index is 972. The van der Waals surface area contributed by atoms with Crippen molar-refractivity contribution in [1.82, 2.24) is 0 Å². The zero-order chi connectivity index (χ0) is 19.6. The number of aryl methyl sites for hydroxylation is 1. The van der Waals surface area contributed by atoms with Crippen LogP contribution in [0.15, 0.2) is 41.3 Å². The van der Waals surface area contributed by atoms with Gasteiger partial charge in [-0.2, -0.15) is 0 Å². The Morgan fingerprint density at radius 2 is 1.85 bits per heavy atom. The number of anilines is 2. The molecule has 1 aliphatic rings. The van der Waals surface area contributed by atoms with Gasteiger partial charge in [-0.05, 0) is 49.2 Å². The van der Waals surface area contributed by atoms with Gasteiger partial charge in [-0.25, -0.2) is 8.42 Å². The summed E-state index contributed by atoms with van der Waals surface area (Å²) in [5.74, 6) is 0.955. The predicted molar refractivity (Wildman–Crippen MR) is 103 cm³/mol. The lowest BCUT2D eigenvalue weighted by atomic mass is 10.2. The standard InChI is InChI=1S/C19H22N2O5S/c1-13-11-15(7-8-17(13)21-10-4-5-19(21)22)27(23,24)20-16-12-14(25-2)6-9-18(16)26-3/h6-9,11-12,20H,4-5,10H2,1-3H3. The van der Waals surface area contributed by atoms with Gasteiger partial charge in [0.1, 0.15) is 11.5 Å². The Balaban J connectivity index is 1.92. The Morgan fingerprint density at radius 1 is 1.07 bits per heavy atom. The maximum absolute atomic E-state index is 12.8. The number of rotatable bonds is 6. The van der Waals surface area contributed by atoms with Crippen molar-refractivity contribution in [2.75, 3.05) is 30.4 Å². The summed E-state index contributed by atoms with van der Waals surface area (Å²) < 4.78 is 38.6. The highest BCUT2D eigenvalue weighted by Crippen LogP contribution is 2.32. The second-order valence-electron chi connectivity index (χ2n) is 6.27. The minimum absolute atomic E-state index is 0.0629. The summed E-state index contributed by atoms with van der Waals surface area (Å²) in [7, 11) is -0.871. The van der Waals surface area contributed by atoms with Crippen LogP contribution in [-0.4, -0.2) is 35.1 Å². The van der Waals surface area contributed by atoms with Crippen molar-refractivity contribution in [3.05, 3.63) is 42.0 Å². The highest BCUT2D eigenvalue weighted by Gasteiger charge is 2.24. The van der Waals surface area contributed by atoms with Gasteiger partial charge in [0.05, 0.1) is 24.8 Å². The minimum atomic E-state index is -3.84. The normalized spacial score (nSPS) is 14.3. The monoisotopic (exact) mass is 390 g/mol. The maximum atomic E-state index is 12.8. The molecule has 1 saturated heterocycles. The number of sulfonamides is 1. The number of amides is 1. The van der Waals surface area contributed by atoms with E-state index in [0.717, 1.165) is 17.7 Å². The van der Waals surface area contributed by atoms with Crippen molar-refractivity contribution in [2.24, 2.45) is 0 Å². The Kier molecular flexibility index (Phi) is 5.27. The molecule has 3 rings (SSSR count). The van der Waals surface area contributed by atoms with Crippen molar-refractivity contribution >= 4 is 27.3 Å². The molecule has 7 nitrogen and oxygen atoms in total. The molecule has 8 heteroatoms. The zero-order valence-corrected chi connectivity index (χ0v) is 16.3. The number of carbonyl (C=O) groups is 1. The van der Waals surface area contributed by atoms with Crippen molar-refractivity contribution in [3.63, 3.8) is 0 Å². The number of nitrogens with one attached hydrogen (secondary N) is 1. The highest BCUT2D eigenvalue weighted by molar-refractivity contribution is 7.92. The van der Waals surface area contributed by atoms with Gasteiger partial charge in [-0.1, -0.05) is 0 Å². The lowest BCUT2D eigenvalue weighted by Crippen LogP contribution is -2.24. The SMILES string of the molecule is COc1ccc(OC)c(NS(=O)(=O)c2ccc(N3CCCC3=O)c(C)c2)c1. The topological polar surface area (TPSA) is 84.9 Å². The van der Waals surface area contributed by atoms with Gasteiger partial charge in [0.25, 0.3) is 10.0 Å². The molecule has 0 unspecified atom stereocenters. The van der Waals surface area contributed by atoms with Gasteiger partial charge in [-0.3, -0.25) is 9.52 Å². The molecule has 27 heavy (non-hydrogen) atoms. The molecule has 0 aliphatic carbocycles. The van der Waals surface area contributed by atoms with E-state index in [1.165, 1.54) is 20.3 Å². The molecule has 2 aromatic carbocycles. The summed E-state index contributed by atoms with van der Waals surface area (Å²) in [5.41, 5.74) is 1.76. The molecule has 1 heterocycles. The number of hydrogen-bond acceptors (Lipinski definition) is 5. The van der Waals surface area contributed by atoms with Crippen molar-refractivity contribution in [2.45, 2.75) is 24.7 Å². The molecule has 1 fully saturated rings. The summed E-state index contributed by atoms with van der Waals surface area (Å²) >= 11 is 0. The third kappa shape index (κ3) is 3.85. The molecule has 1 amide bonds. The quantitative estimate of drug-likeness (QED) is 0.820. The number of carbonyl (C=O) groups excluding carboxylic acids is 1. The summed E-state index contributed by atoms with van der Waals surface area (Å²) in [6, 6.07) is 9.61. The van der Waals surface area contributed by atoms with Crippen molar-refractivity contribution < 1.29 is 22.7 Å². The fourth-order valence-corrected chi connectivity index (χ4v) is 4.24. The van der Waals surface area contributed by atoms with Crippen LogP contribution in [0, 0.1) is 6.92 Å². The third-order valence-electron chi connectivity index (χ3n) is 4.49. The zero-order valence-electron chi connectivity index (χ0n) is 15.5. The van der Waals surface area contributed by atoms with Crippen LogP contribution in [0.3, 0.4) is 0 Å². The van der Waals surface area contributed by atoms with E-state index in [-0.39, 0.29) is 16.5 Å². The summed E-state index contributed by atoms with van der Waals surface area (Å²) in [6.45, 7) is 2.46. The first-order chi connectivity index (χ1) is 12.9. The van der Waals surface area contributed by atoms with E-state index in [1.54, 1.807) is 42.2 Å². The van der Waals surface area contributed by atoms with E-state index in [0.29, 0.717) is 24.5 Å². The molecule has 144 valence electrons. The number of ether oxygens (including phenoxy) is 2. The molecule has 0 saturated carbocycles. The number of benzene rings is 2. The second kappa shape index (κ2) is 7.48. The fraction of sp³-hybridized carbons (Fsp3) is 0.316. The van der Waals surface area contributed by atoms with Gasteiger partial charge >= 0.3 is 0 Å². The first kappa shape index (κ1) is 19.0. The van der Waals surface area contributed by atoms with Crippen LogP contribution in [-0.2, 0) is 14.8 Å². The van der Waals surface area contributed by atoms with Crippen LogP contribution in [0.5, 0.6) is 11.5 Å². The maximum Gasteiger partial charge on any atom is 0.262 e. The van der Waals surface area contributed by atoms with Crippen LogP contribution in [0.1, 0.15) is 18.4 Å². The Morgan fingerprint density at radius 3 is 2.44 bits per heavy atom. The number of methoxy groups -OCH3 is 2. The first-order valence-corrected chi connectivity index (χ1v) is 10.00. The van der Waals surface area contributed by atoms with Crippen LogP contribution in [0.2, 0.25) is 0 Å². The van der Waals surface area contributed by atoms with Crippen LogP contribution in [0.4, 0.5) is 11.4 Å². The Labute approximate surface area is 158 Å². The highest BCUT2D eigenvalue weighted by atomic mass is 32.2. The predicted octanol–water partition coefficient (Wildman–Crippen LogP) is 2.94. The van der Waals surface area contributed by atoms with E-state index in [2.05, 4.69) is 4.72 Å².